The van der Waals surface area contributed by atoms with Crippen molar-refractivity contribution in [2.24, 2.45) is 16.8 Å². The van der Waals surface area contributed by atoms with Crippen LogP contribution in [-0.2, 0) is 6.54 Å². The van der Waals surface area contributed by atoms with Crippen molar-refractivity contribution in [1.82, 2.24) is 15.1 Å². The molecule has 1 aliphatic rings. The van der Waals surface area contributed by atoms with Gasteiger partial charge in [-0.2, -0.15) is 0 Å². The van der Waals surface area contributed by atoms with E-state index in [1.807, 2.05) is 31.3 Å². The van der Waals surface area contributed by atoms with Crippen molar-refractivity contribution >= 4 is 35.8 Å². The van der Waals surface area contributed by atoms with Crippen LogP contribution in [0, 0.1) is 11.8 Å². The van der Waals surface area contributed by atoms with E-state index < -0.39 is 0 Å². The monoisotopic (exact) mass is 486 g/mol. The topological polar surface area (TPSA) is 47.9 Å². The zero-order valence-electron chi connectivity index (χ0n) is 17.4. The number of halogens is 1. The molecule has 0 aliphatic heterocycles. The number of rotatable bonds is 5. The summed E-state index contributed by atoms with van der Waals surface area (Å²) in [6.45, 7) is 4.12. The van der Waals surface area contributed by atoms with Crippen LogP contribution in [0.2, 0.25) is 0 Å². The van der Waals surface area contributed by atoms with Gasteiger partial charge in [-0.3, -0.25) is 9.79 Å². The maximum absolute atomic E-state index is 12.0. The number of carbonyl (C=O) groups is 1. The normalized spacial score (nSPS) is 19.8. The molecule has 1 aromatic carbocycles. The van der Waals surface area contributed by atoms with Crippen LogP contribution < -0.4 is 5.32 Å². The zero-order chi connectivity index (χ0) is 19.1. The molecule has 152 valence electrons. The molecule has 0 radical (unpaired) electrons. The lowest BCUT2D eigenvalue weighted by atomic mass is 9.83. The molecule has 2 rings (SSSR count). The van der Waals surface area contributed by atoms with Gasteiger partial charge >= 0.3 is 0 Å². The molecule has 1 fully saturated rings. The third kappa shape index (κ3) is 7.31. The van der Waals surface area contributed by atoms with Crippen molar-refractivity contribution in [3.05, 3.63) is 35.4 Å². The highest BCUT2D eigenvalue weighted by atomic mass is 127. The van der Waals surface area contributed by atoms with Crippen molar-refractivity contribution in [1.29, 1.82) is 0 Å². The molecule has 0 saturated heterocycles. The van der Waals surface area contributed by atoms with Crippen LogP contribution in [0.3, 0.4) is 0 Å². The Bertz CT molecular complexity index is 607. The van der Waals surface area contributed by atoms with Crippen LogP contribution in [0.15, 0.2) is 29.3 Å². The van der Waals surface area contributed by atoms with Crippen LogP contribution in [-0.4, -0.2) is 56.4 Å². The molecule has 0 heterocycles. The molecule has 0 atom stereocenters. The molecule has 1 amide bonds. The first-order valence-corrected chi connectivity index (χ1v) is 9.63. The maximum atomic E-state index is 12.0. The van der Waals surface area contributed by atoms with Crippen LogP contribution >= 0.6 is 24.0 Å². The molecule has 1 N–H and O–H groups in total. The molecule has 27 heavy (non-hydrogen) atoms. The molecule has 5 nitrogen and oxygen atoms in total. The maximum Gasteiger partial charge on any atom is 0.253 e. The van der Waals surface area contributed by atoms with Crippen molar-refractivity contribution in [3.63, 3.8) is 0 Å². The van der Waals surface area contributed by atoms with E-state index >= 15 is 0 Å². The van der Waals surface area contributed by atoms with Gasteiger partial charge in [0, 0.05) is 46.8 Å². The predicted octanol–water partition coefficient (Wildman–Crippen LogP) is 3.84. The summed E-state index contributed by atoms with van der Waals surface area (Å²) in [4.78, 5) is 20.2. The van der Waals surface area contributed by atoms with Gasteiger partial charge in [0.05, 0.1) is 0 Å². The molecule has 6 heteroatoms. The van der Waals surface area contributed by atoms with Crippen LogP contribution in [0.1, 0.15) is 48.5 Å². The van der Waals surface area contributed by atoms with Crippen molar-refractivity contribution in [2.75, 3.05) is 34.7 Å². The minimum absolute atomic E-state index is 0. The van der Waals surface area contributed by atoms with Crippen molar-refractivity contribution < 1.29 is 4.79 Å². The second-order valence-electron chi connectivity index (χ2n) is 7.80. The summed E-state index contributed by atoms with van der Waals surface area (Å²) in [7, 11) is 7.49. The Morgan fingerprint density at radius 1 is 1.11 bits per heavy atom. The first-order valence-electron chi connectivity index (χ1n) is 9.63. The fourth-order valence-corrected chi connectivity index (χ4v) is 3.57. The van der Waals surface area contributed by atoms with E-state index in [-0.39, 0.29) is 29.9 Å². The summed E-state index contributed by atoms with van der Waals surface area (Å²) in [6, 6.07) is 7.77. The van der Waals surface area contributed by atoms with Crippen LogP contribution in [0.25, 0.3) is 0 Å². The van der Waals surface area contributed by atoms with Gasteiger partial charge in [0.2, 0.25) is 0 Å². The quantitative estimate of drug-likeness (QED) is 0.391. The van der Waals surface area contributed by atoms with Gasteiger partial charge in [-0.25, -0.2) is 0 Å². The van der Waals surface area contributed by atoms with E-state index in [1.165, 1.54) is 25.7 Å². The summed E-state index contributed by atoms with van der Waals surface area (Å²) in [5.74, 6) is 2.61. The number of hydrogen-bond acceptors (Lipinski definition) is 2. The van der Waals surface area contributed by atoms with E-state index in [9.17, 15) is 4.79 Å². The van der Waals surface area contributed by atoms with Crippen molar-refractivity contribution in [3.8, 4) is 0 Å². The lowest BCUT2D eigenvalue weighted by molar-refractivity contribution is 0.0827. The van der Waals surface area contributed by atoms with E-state index in [1.54, 1.807) is 19.0 Å². The van der Waals surface area contributed by atoms with E-state index in [0.29, 0.717) is 12.1 Å². The Morgan fingerprint density at radius 2 is 1.70 bits per heavy atom. The second-order valence-corrected chi connectivity index (χ2v) is 7.80. The summed E-state index contributed by atoms with van der Waals surface area (Å²) in [5.41, 5.74) is 1.85. The number of benzene rings is 1. The fourth-order valence-electron chi connectivity index (χ4n) is 3.57. The number of guanidine groups is 1. The molecular weight excluding hydrogens is 451 g/mol. The third-order valence-electron chi connectivity index (χ3n) is 5.30. The molecular formula is C21H35IN4O. The SMILES string of the molecule is CN=C(NCc1ccc(C(=O)N(C)C)cc1)N(C)CC1CCC(C)CC1.I. The van der Waals surface area contributed by atoms with E-state index in [2.05, 4.69) is 29.2 Å². The van der Waals surface area contributed by atoms with Crippen molar-refractivity contribution in [2.45, 2.75) is 39.2 Å². The summed E-state index contributed by atoms with van der Waals surface area (Å²) < 4.78 is 0. The van der Waals surface area contributed by atoms with E-state index in [0.717, 1.165) is 29.9 Å². The minimum Gasteiger partial charge on any atom is -0.352 e. The average molecular weight is 486 g/mol. The Labute approximate surface area is 181 Å². The molecule has 0 aromatic heterocycles. The first-order chi connectivity index (χ1) is 12.4. The lowest BCUT2D eigenvalue weighted by Crippen LogP contribution is -2.41. The Hall–Kier alpha value is -1.31. The largest absolute Gasteiger partial charge is 0.352 e. The molecule has 1 aromatic rings. The predicted molar refractivity (Wildman–Crippen MR) is 124 cm³/mol. The van der Waals surface area contributed by atoms with Gasteiger partial charge in [-0.15, -0.1) is 24.0 Å². The average Bonchev–Trinajstić information content (AvgIpc) is 2.64. The Balaban J connectivity index is 0.00000364. The number of carbonyl (C=O) groups excluding carboxylic acids is 1. The van der Waals surface area contributed by atoms with Gasteiger partial charge < -0.3 is 15.1 Å². The van der Waals surface area contributed by atoms with Gasteiger partial charge in [0.15, 0.2) is 5.96 Å². The number of aliphatic imine (C=N–C) groups is 1. The molecule has 0 spiro atoms. The molecule has 1 saturated carbocycles. The number of amides is 1. The van der Waals surface area contributed by atoms with Gasteiger partial charge in [-0.05, 0) is 42.4 Å². The number of hydrogen-bond donors (Lipinski definition) is 1. The molecule has 0 bridgehead atoms. The lowest BCUT2D eigenvalue weighted by Gasteiger charge is -2.31. The summed E-state index contributed by atoms with van der Waals surface area (Å²) >= 11 is 0. The van der Waals surface area contributed by atoms with Gasteiger partial charge in [-0.1, -0.05) is 31.9 Å². The molecule has 1 aliphatic carbocycles. The highest BCUT2D eigenvalue weighted by Gasteiger charge is 2.20. The smallest absolute Gasteiger partial charge is 0.253 e. The van der Waals surface area contributed by atoms with Crippen LogP contribution in [0.5, 0.6) is 0 Å². The Kier molecular flexibility index (Phi) is 10.1. The first kappa shape index (κ1) is 23.7. The highest BCUT2D eigenvalue weighted by Crippen LogP contribution is 2.28. The molecule has 0 unspecified atom stereocenters. The fraction of sp³-hybridized carbons (Fsp3) is 0.619. The van der Waals surface area contributed by atoms with E-state index in [4.69, 9.17) is 0 Å². The Morgan fingerprint density at radius 3 is 2.22 bits per heavy atom. The van der Waals surface area contributed by atoms with Gasteiger partial charge in [0.1, 0.15) is 0 Å². The zero-order valence-corrected chi connectivity index (χ0v) is 19.7. The number of nitrogens with one attached hydrogen (secondary N) is 1. The summed E-state index contributed by atoms with van der Waals surface area (Å²) in [5, 5.41) is 3.44. The minimum atomic E-state index is 0. The summed E-state index contributed by atoms with van der Waals surface area (Å²) in [6.07, 6.45) is 5.35. The second kappa shape index (κ2) is 11.5. The third-order valence-corrected chi connectivity index (χ3v) is 5.30. The van der Waals surface area contributed by atoms with Crippen LogP contribution in [0.4, 0.5) is 0 Å². The highest BCUT2D eigenvalue weighted by molar-refractivity contribution is 14.0. The standard InChI is InChI=1S/C21H34N4O.HI/c1-16-6-8-18(9-7-16)15-25(5)21(22-2)23-14-17-10-12-19(13-11-17)20(26)24(3)4;/h10-13,16,18H,6-9,14-15H2,1-5H3,(H,22,23);1H. The van der Waals surface area contributed by atoms with Gasteiger partial charge in [0.25, 0.3) is 5.91 Å². The number of nitrogens with zero attached hydrogens (tertiary/aromatic N) is 3.